The van der Waals surface area contributed by atoms with E-state index < -0.39 is 20.6 Å². The quantitative estimate of drug-likeness (QED) is 0.239. The van der Waals surface area contributed by atoms with E-state index in [2.05, 4.69) is 0 Å². The van der Waals surface area contributed by atoms with Crippen LogP contribution in [0.15, 0.2) is 54.6 Å². The van der Waals surface area contributed by atoms with E-state index in [4.69, 9.17) is 46.4 Å². The van der Waals surface area contributed by atoms with Crippen LogP contribution in [0, 0.1) is 0 Å². The maximum Gasteiger partial charge on any atom is 0.283 e. The Bertz CT molecular complexity index is 1190. The van der Waals surface area contributed by atoms with Gasteiger partial charge in [0.2, 0.25) is 0 Å². The molecule has 3 aromatic carbocycles. The zero-order chi connectivity index (χ0) is 21.6. The standard InChI is InChI=1S/C19H12Cl4O5S/c20-14-6-2-5-13(18(14)25)19(29(26,27)28,10-3-1-4-12(24)7-10)11-8-15(21)17(23)16(22)9-11/h1-9,24-25H,(H,26,27,28). The molecule has 5 nitrogen and oxygen atoms in total. The minimum atomic E-state index is -5.08. The molecule has 0 amide bonds. The number of para-hydroxylation sites is 1. The first-order valence-electron chi connectivity index (χ1n) is 7.89. The number of rotatable bonds is 4. The molecule has 0 aromatic heterocycles. The third-order valence-electron chi connectivity index (χ3n) is 4.40. The summed E-state index contributed by atoms with van der Waals surface area (Å²) < 4.78 is 33.9. The summed E-state index contributed by atoms with van der Waals surface area (Å²) in [7, 11) is -5.08. The lowest BCUT2D eigenvalue weighted by atomic mass is 9.83. The molecule has 0 aliphatic heterocycles. The second-order valence-corrected chi connectivity index (χ2v) is 9.26. The Kier molecular flexibility index (Phi) is 5.98. The molecule has 0 bridgehead atoms. The van der Waals surface area contributed by atoms with Crippen LogP contribution in [0.25, 0.3) is 0 Å². The van der Waals surface area contributed by atoms with Crippen molar-refractivity contribution in [3.63, 3.8) is 0 Å². The van der Waals surface area contributed by atoms with Gasteiger partial charge in [-0.15, -0.1) is 0 Å². The third kappa shape index (κ3) is 3.65. The number of halogens is 4. The van der Waals surface area contributed by atoms with E-state index in [-0.39, 0.29) is 42.5 Å². The summed E-state index contributed by atoms with van der Waals surface area (Å²) in [6, 6.07) is 11.6. The van der Waals surface area contributed by atoms with Crippen LogP contribution in [0.5, 0.6) is 11.5 Å². The molecule has 0 fully saturated rings. The van der Waals surface area contributed by atoms with Gasteiger partial charge in [0, 0.05) is 5.56 Å². The highest BCUT2D eigenvalue weighted by molar-refractivity contribution is 7.87. The maximum absolute atomic E-state index is 12.9. The van der Waals surface area contributed by atoms with Crippen molar-refractivity contribution in [3.8, 4) is 11.5 Å². The van der Waals surface area contributed by atoms with Gasteiger partial charge >= 0.3 is 0 Å². The molecule has 152 valence electrons. The van der Waals surface area contributed by atoms with Gasteiger partial charge in [-0.3, -0.25) is 4.55 Å². The van der Waals surface area contributed by atoms with Gasteiger partial charge in [0.25, 0.3) is 10.1 Å². The zero-order valence-corrected chi connectivity index (χ0v) is 18.1. The predicted molar refractivity (Wildman–Crippen MR) is 114 cm³/mol. The summed E-state index contributed by atoms with van der Waals surface area (Å²) in [6.07, 6.45) is 0. The van der Waals surface area contributed by atoms with E-state index >= 15 is 0 Å². The lowest BCUT2D eigenvalue weighted by molar-refractivity contribution is 0.439. The molecule has 0 aliphatic carbocycles. The Labute approximate surface area is 186 Å². The Morgan fingerprint density at radius 3 is 1.90 bits per heavy atom. The fourth-order valence-electron chi connectivity index (χ4n) is 3.20. The lowest BCUT2D eigenvalue weighted by Gasteiger charge is -2.33. The zero-order valence-electron chi connectivity index (χ0n) is 14.3. The van der Waals surface area contributed by atoms with E-state index in [1.807, 2.05) is 0 Å². The first kappa shape index (κ1) is 22.0. The molecule has 0 aliphatic rings. The van der Waals surface area contributed by atoms with Crippen molar-refractivity contribution in [2.75, 3.05) is 0 Å². The highest BCUT2D eigenvalue weighted by atomic mass is 35.5. The number of hydrogen-bond acceptors (Lipinski definition) is 4. The van der Waals surface area contributed by atoms with Crippen LogP contribution in [0.1, 0.15) is 16.7 Å². The average molecular weight is 494 g/mol. The normalized spacial score (nSPS) is 13.8. The molecular weight excluding hydrogens is 482 g/mol. The van der Waals surface area contributed by atoms with Gasteiger partial charge in [-0.05, 0) is 41.5 Å². The van der Waals surface area contributed by atoms with Crippen LogP contribution in [0.4, 0.5) is 0 Å². The van der Waals surface area contributed by atoms with Crippen molar-refractivity contribution < 1.29 is 23.2 Å². The number of hydrogen-bond donors (Lipinski definition) is 3. The molecule has 0 heterocycles. The Morgan fingerprint density at radius 1 is 0.759 bits per heavy atom. The Balaban J connectivity index is 2.61. The van der Waals surface area contributed by atoms with Crippen molar-refractivity contribution in [3.05, 3.63) is 91.4 Å². The number of aromatic hydroxyl groups is 2. The van der Waals surface area contributed by atoms with Gasteiger partial charge < -0.3 is 10.2 Å². The predicted octanol–water partition coefficient (Wildman–Crippen LogP) is 5.89. The van der Waals surface area contributed by atoms with Crippen molar-refractivity contribution in [2.45, 2.75) is 4.75 Å². The fourth-order valence-corrected chi connectivity index (χ4v) is 5.25. The first-order chi connectivity index (χ1) is 13.5. The van der Waals surface area contributed by atoms with Crippen LogP contribution in [-0.4, -0.2) is 23.2 Å². The second-order valence-electron chi connectivity index (χ2n) is 6.10. The second kappa shape index (κ2) is 7.87. The van der Waals surface area contributed by atoms with Gasteiger partial charge in [0.15, 0.2) is 4.75 Å². The summed E-state index contributed by atoms with van der Waals surface area (Å²) in [5.74, 6) is -0.861. The lowest BCUT2D eigenvalue weighted by Crippen LogP contribution is -2.38. The summed E-state index contributed by atoms with van der Waals surface area (Å²) in [4.78, 5) is 0. The van der Waals surface area contributed by atoms with Crippen molar-refractivity contribution >= 4 is 56.5 Å². The van der Waals surface area contributed by atoms with Crippen molar-refractivity contribution in [1.82, 2.24) is 0 Å². The minimum Gasteiger partial charge on any atom is -0.508 e. The van der Waals surface area contributed by atoms with Crippen LogP contribution in [-0.2, 0) is 14.9 Å². The third-order valence-corrected chi connectivity index (χ3v) is 7.36. The highest BCUT2D eigenvalue weighted by Crippen LogP contribution is 2.50. The topological polar surface area (TPSA) is 94.8 Å². The van der Waals surface area contributed by atoms with Gasteiger partial charge in [-0.25, -0.2) is 0 Å². The van der Waals surface area contributed by atoms with Crippen molar-refractivity contribution in [2.24, 2.45) is 0 Å². The van der Waals surface area contributed by atoms with Gasteiger partial charge in [0.05, 0.1) is 20.1 Å². The molecule has 0 saturated carbocycles. The number of benzene rings is 3. The molecule has 3 rings (SSSR count). The van der Waals surface area contributed by atoms with E-state index in [9.17, 15) is 23.2 Å². The summed E-state index contributed by atoms with van der Waals surface area (Å²) in [6.45, 7) is 0. The fraction of sp³-hybridized carbons (Fsp3) is 0.0526. The smallest absolute Gasteiger partial charge is 0.283 e. The molecule has 29 heavy (non-hydrogen) atoms. The summed E-state index contributed by atoms with van der Waals surface area (Å²) in [5.41, 5.74) is -0.484. The van der Waals surface area contributed by atoms with E-state index in [1.54, 1.807) is 0 Å². The SMILES string of the molecule is O=S(=O)(O)C(c1cccc(O)c1)(c1cc(Cl)c(Cl)c(Cl)c1)c1cccc(Cl)c1O. The van der Waals surface area contributed by atoms with Gasteiger partial charge in [-0.2, -0.15) is 8.42 Å². The van der Waals surface area contributed by atoms with Crippen LogP contribution in [0.2, 0.25) is 20.1 Å². The van der Waals surface area contributed by atoms with Crippen molar-refractivity contribution in [1.29, 1.82) is 0 Å². The molecule has 10 heteroatoms. The van der Waals surface area contributed by atoms with Crippen LogP contribution in [0.3, 0.4) is 0 Å². The Hall–Kier alpha value is -1.67. The van der Waals surface area contributed by atoms with Crippen LogP contribution >= 0.6 is 46.4 Å². The van der Waals surface area contributed by atoms with Gasteiger partial charge in [-0.1, -0.05) is 70.7 Å². The molecule has 3 aromatic rings. The maximum atomic E-state index is 12.9. The van der Waals surface area contributed by atoms with E-state index in [1.165, 1.54) is 48.5 Å². The molecule has 3 N–H and O–H groups in total. The van der Waals surface area contributed by atoms with E-state index in [0.29, 0.717) is 0 Å². The first-order valence-corrected chi connectivity index (χ1v) is 10.8. The molecule has 0 radical (unpaired) electrons. The summed E-state index contributed by atoms with van der Waals surface area (Å²) >= 11 is 24.3. The van der Waals surface area contributed by atoms with E-state index in [0.717, 1.165) is 6.07 Å². The van der Waals surface area contributed by atoms with Crippen LogP contribution < -0.4 is 0 Å². The summed E-state index contributed by atoms with van der Waals surface area (Å²) in [5, 5.41) is 20.3. The molecule has 0 saturated heterocycles. The molecule has 0 spiro atoms. The number of phenols is 2. The average Bonchev–Trinajstić information content (AvgIpc) is 2.62. The minimum absolute atomic E-state index is 0.0208. The Morgan fingerprint density at radius 2 is 1.34 bits per heavy atom. The molecule has 1 atom stereocenters. The number of phenolic OH excluding ortho intramolecular Hbond substituents is 2. The largest absolute Gasteiger partial charge is 0.508 e. The monoisotopic (exact) mass is 492 g/mol. The highest BCUT2D eigenvalue weighted by Gasteiger charge is 2.51. The van der Waals surface area contributed by atoms with Gasteiger partial charge in [0.1, 0.15) is 11.5 Å². The molecular formula is C19H12Cl4O5S. The molecule has 1 unspecified atom stereocenters.